The van der Waals surface area contributed by atoms with E-state index in [1.165, 1.54) is 7.11 Å². The van der Waals surface area contributed by atoms with Crippen molar-refractivity contribution in [1.82, 2.24) is 16.0 Å². The van der Waals surface area contributed by atoms with E-state index in [1.807, 2.05) is 0 Å². The van der Waals surface area contributed by atoms with Crippen molar-refractivity contribution < 1.29 is 23.9 Å². The topological polar surface area (TPSA) is 117 Å². The van der Waals surface area contributed by atoms with Crippen molar-refractivity contribution in [2.75, 3.05) is 44.8 Å². The summed E-state index contributed by atoms with van der Waals surface area (Å²) in [4.78, 5) is 48.7. The molecule has 1 fully saturated rings. The molecule has 1 heterocycles. The SMILES string of the molecule is COCCNC(=O)CNC(=O)CNC(=O)c1ccc(N2CCCC2=O)cc1. The van der Waals surface area contributed by atoms with E-state index < -0.39 is 11.8 Å². The van der Waals surface area contributed by atoms with Crippen molar-refractivity contribution in [3.05, 3.63) is 29.8 Å². The lowest BCUT2D eigenvalue weighted by molar-refractivity contribution is -0.125. The first-order chi connectivity index (χ1) is 13.0. The second-order valence-electron chi connectivity index (χ2n) is 6.00. The minimum absolute atomic E-state index is 0.0788. The number of nitrogens with zero attached hydrogens (tertiary/aromatic N) is 1. The maximum atomic E-state index is 12.1. The molecule has 0 unspecified atom stereocenters. The third-order valence-corrected chi connectivity index (χ3v) is 4.00. The highest BCUT2D eigenvalue weighted by molar-refractivity contribution is 5.98. The van der Waals surface area contributed by atoms with E-state index >= 15 is 0 Å². The van der Waals surface area contributed by atoms with E-state index in [4.69, 9.17) is 4.74 Å². The maximum Gasteiger partial charge on any atom is 0.251 e. The van der Waals surface area contributed by atoms with Crippen molar-refractivity contribution in [3.8, 4) is 0 Å². The number of ether oxygens (including phenoxy) is 1. The van der Waals surface area contributed by atoms with Crippen molar-refractivity contribution in [2.45, 2.75) is 12.8 Å². The first kappa shape index (κ1) is 20.4. The fraction of sp³-hybridized carbons (Fsp3) is 0.444. The molecule has 4 amide bonds. The average Bonchev–Trinajstić information content (AvgIpc) is 3.10. The molecule has 3 N–H and O–H groups in total. The fourth-order valence-electron chi connectivity index (χ4n) is 2.57. The third kappa shape index (κ3) is 6.37. The Kier molecular flexibility index (Phi) is 7.75. The molecule has 0 spiro atoms. The Labute approximate surface area is 157 Å². The van der Waals surface area contributed by atoms with Gasteiger partial charge in [-0.3, -0.25) is 19.2 Å². The quantitative estimate of drug-likeness (QED) is 0.499. The molecule has 0 atom stereocenters. The zero-order valence-corrected chi connectivity index (χ0v) is 15.2. The predicted octanol–water partition coefficient (Wildman–Crippen LogP) is -0.578. The Morgan fingerprint density at radius 2 is 1.70 bits per heavy atom. The predicted molar refractivity (Wildman–Crippen MR) is 98.3 cm³/mol. The largest absolute Gasteiger partial charge is 0.383 e. The monoisotopic (exact) mass is 376 g/mol. The Balaban J connectivity index is 1.72. The fourth-order valence-corrected chi connectivity index (χ4v) is 2.57. The van der Waals surface area contributed by atoms with Gasteiger partial charge in [-0.2, -0.15) is 0 Å². The molecule has 0 aliphatic carbocycles. The number of hydrogen-bond acceptors (Lipinski definition) is 5. The molecular weight excluding hydrogens is 352 g/mol. The first-order valence-electron chi connectivity index (χ1n) is 8.72. The number of benzene rings is 1. The summed E-state index contributed by atoms with van der Waals surface area (Å²) < 4.78 is 4.80. The summed E-state index contributed by atoms with van der Waals surface area (Å²) in [6, 6.07) is 6.64. The number of methoxy groups -OCH3 is 1. The minimum atomic E-state index is -0.468. The smallest absolute Gasteiger partial charge is 0.251 e. The number of hydrogen-bond donors (Lipinski definition) is 3. The molecule has 0 aromatic heterocycles. The lowest BCUT2D eigenvalue weighted by Gasteiger charge is -2.15. The van der Waals surface area contributed by atoms with E-state index in [-0.39, 0.29) is 24.9 Å². The van der Waals surface area contributed by atoms with Crippen LogP contribution < -0.4 is 20.9 Å². The second-order valence-corrected chi connectivity index (χ2v) is 6.00. The summed E-state index contributed by atoms with van der Waals surface area (Å²) >= 11 is 0. The molecule has 27 heavy (non-hydrogen) atoms. The van der Waals surface area contributed by atoms with Crippen LogP contribution in [0.5, 0.6) is 0 Å². The van der Waals surface area contributed by atoms with Crippen LogP contribution in [0.4, 0.5) is 5.69 Å². The highest BCUT2D eigenvalue weighted by Crippen LogP contribution is 2.21. The van der Waals surface area contributed by atoms with Crippen LogP contribution in [0, 0.1) is 0 Å². The van der Waals surface area contributed by atoms with Gasteiger partial charge in [-0.15, -0.1) is 0 Å². The summed E-state index contributed by atoms with van der Waals surface area (Å²) in [7, 11) is 1.52. The molecule has 0 saturated carbocycles. The van der Waals surface area contributed by atoms with Crippen molar-refractivity contribution in [1.29, 1.82) is 0 Å². The van der Waals surface area contributed by atoms with Crippen molar-refractivity contribution in [3.63, 3.8) is 0 Å². The summed E-state index contributed by atoms with van der Waals surface area (Å²) in [5.74, 6) is -1.13. The van der Waals surface area contributed by atoms with Crippen LogP contribution >= 0.6 is 0 Å². The molecule has 0 radical (unpaired) electrons. The Bertz CT molecular complexity index is 689. The van der Waals surface area contributed by atoms with Gasteiger partial charge in [0, 0.05) is 37.9 Å². The molecule has 1 aliphatic rings. The summed E-state index contributed by atoms with van der Waals surface area (Å²) in [6.45, 7) is 1.03. The van der Waals surface area contributed by atoms with E-state index in [1.54, 1.807) is 29.2 Å². The summed E-state index contributed by atoms with van der Waals surface area (Å²) in [5.41, 5.74) is 1.14. The third-order valence-electron chi connectivity index (χ3n) is 4.00. The molecule has 9 heteroatoms. The molecule has 1 aliphatic heterocycles. The minimum Gasteiger partial charge on any atom is -0.383 e. The van der Waals surface area contributed by atoms with Crippen LogP contribution in [0.1, 0.15) is 23.2 Å². The van der Waals surface area contributed by atoms with Crippen molar-refractivity contribution in [2.24, 2.45) is 0 Å². The molecule has 9 nitrogen and oxygen atoms in total. The molecule has 146 valence electrons. The van der Waals surface area contributed by atoms with Crippen LogP contribution in [0.3, 0.4) is 0 Å². The van der Waals surface area contributed by atoms with Crippen molar-refractivity contribution >= 4 is 29.3 Å². The van der Waals surface area contributed by atoms with Gasteiger partial charge in [0.05, 0.1) is 19.7 Å². The number of carbonyl (C=O) groups is 4. The zero-order chi connectivity index (χ0) is 19.6. The average molecular weight is 376 g/mol. The maximum absolute atomic E-state index is 12.1. The number of rotatable bonds is 9. The standard InChI is InChI=1S/C18H24N4O5/c1-27-10-8-19-15(23)11-20-16(24)12-21-18(26)13-4-6-14(7-5-13)22-9-2-3-17(22)25/h4-7H,2-3,8-12H2,1H3,(H,19,23)(H,20,24)(H,21,26). The van der Waals surface area contributed by atoms with Gasteiger partial charge >= 0.3 is 0 Å². The van der Waals surface area contributed by atoms with E-state index in [2.05, 4.69) is 16.0 Å². The number of nitrogens with one attached hydrogen (secondary N) is 3. The van der Waals surface area contributed by atoms with Gasteiger partial charge < -0.3 is 25.6 Å². The molecule has 0 bridgehead atoms. The van der Waals surface area contributed by atoms with Gasteiger partial charge in [-0.05, 0) is 30.7 Å². The lowest BCUT2D eigenvalue weighted by atomic mass is 10.2. The Morgan fingerprint density at radius 1 is 1.04 bits per heavy atom. The van der Waals surface area contributed by atoms with Gasteiger partial charge in [-0.25, -0.2) is 0 Å². The van der Waals surface area contributed by atoms with Crippen LogP contribution in [-0.2, 0) is 19.1 Å². The van der Waals surface area contributed by atoms with Crippen LogP contribution in [0.2, 0.25) is 0 Å². The zero-order valence-electron chi connectivity index (χ0n) is 15.2. The molecular formula is C18H24N4O5. The lowest BCUT2D eigenvalue weighted by Crippen LogP contribution is -2.42. The van der Waals surface area contributed by atoms with Gasteiger partial charge in [0.15, 0.2) is 0 Å². The van der Waals surface area contributed by atoms with Gasteiger partial charge in [0.25, 0.3) is 5.91 Å². The van der Waals surface area contributed by atoms with Gasteiger partial charge in [0.1, 0.15) is 0 Å². The summed E-state index contributed by atoms with van der Waals surface area (Å²) in [5, 5.41) is 7.47. The molecule has 1 saturated heterocycles. The summed E-state index contributed by atoms with van der Waals surface area (Å²) in [6.07, 6.45) is 1.38. The number of carbonyl (C=O) groups excluding carboxylic acids is 4. The Morgan fingerprint density at radius 3 is 2.33 bits per heavy atom. The first-order valence-corrected chi connectivity index (χ1v) is 8.72. The number of amides is 4. The molecule has 1 aromatic rings. The van der Waals surface area contributed by atoms with Crippen LogP contribution in [0.15, 0.2) is 24.3 Å². The van der Waals surface area contributed by atoms with Gasteiger partial charge in [-0.1, -0.05) is 0 Å². The second kappa shape index (κ2) is 10.3. The van der Waals surface area contributed by atoms with E-state index in [0.29, 0.717) is 31.7 Å². The van der Waals surface area contributed by atoms with Crippen LogP contribution in [-0.4, -0.2) is 63.5 Å². The highest BCUT2D eigenvalue weighted by Gasteiger charge is 2.21. The highest BCUT2D eigenvalue weighted by atomic mass is 16.5. The van der Waals surface area contributed by atoms with E-state index in [0.717, 1.165) is 12.1 Å². The number of anilines is 1. The molecule has 2 rings (SSSR count). The normalized spacial score (nSPS) is 13.4. The molecule has 1 aromatic carbocycles. The van der Waals surface area contributed by atoms with Crippen LogP contribution in [0.25, 0.3) is 0 Å². The Hall–Kier alpha value is -2.94. The van der Waals surface area contributed by atoms with Gasteiger partial charge in [0.2, 0.25) is 17.7 Å². The van der Waals surface area contributed by atoms with E-state index in [9.17, 15) is 19.2 Å².